The first-order valence-electron chi connectivity index (χ1n) is 9.44. The predicted octanol–water partition coefficient (Wildman–Crippen LogP) is 4.01. The van der Waals surface area contributed by atoms with Crippen molar-refractivity contribution in [3.63, 3.8) is 0 Å². The van der Waals surface area contributed by atoms with Gasteiger partial charge in [-0.2, -0.15) is 5.10 Å². The molecule has 8 heteroatoms. The molecule has 152 valence electrons. The lowest BCUT2D eigenvalue weighted by atomic mass is 10.1. The highest BCUT2D eigenvalue weighted by atomic mass is 32.1. The SMILES string of the molecule is Cc1nn(-c2ccc(F)cc2)c(C)c1CC(=O)NCc1nc(-c2ccncc2)cs1. The monoisotopic (exact) mass is 421 g/mol. The molecular formula is C22H20FN5OS. The normalized spacial score (nSPS) is 10.9. The number of rotatable bonds is 6. The van der Waals surface area contributed by atoms with Crippen LogP contribution >= 0.6 is 11.3 Å². The maximum atomic E-state index is 13.2. The summed E-state index contributed by atoms with van der Waals surface area (Å²) in [7, 11) is 0. The molecule has 1 N–H and O–H groups in total. The first-order valence-corrected chi connectivity index (χ1v) is 10.3. The molecule has 0 aliphatic rings. The van der Waals surface area contributed by atoms with Crippen LogP contribution in [-0.2, 0) is 17.8 Å². The molecule has 0 atom stereocenters. The number of pyridine rings is 1. The number of hydrogen-bond donors (Lipinski definition) is 1. The fourth-order valence-corrected chi connectivity index (χ4v) is 3.95. The van der Waals surface area contributed by atoms with E-state index in [1.807, 2.05) is 31.4 Å². The van der Waals surface area contributed by atoms with Crippen LogP contribution in [-0.4, -0.2) is 25.7 Å². The average molecular weight is 422 g/mol. The third-order valence-electron chi connectivity index (χ3n) is 4.81. The summed E-state index contributed by atoms with van der Waals surface area (Å²) in [6, 6.07) is 9.94. The summed E-state index contributed by atoms with van der Waals surface area (Å²) in [6.45, 7) is 4.16. The van der Waals surface area contributed by atoms with Crippen LogP contribution in [0.2, 0.25) is 0 Å². The number of nitrogens with one attached hydrogen (secondary N) is 1. The van der Waals surface area contributed by atoms with Crippen molar-refractivity contribution in [3.05, 3.63) is 81.9 Å². The fourth-order valence-electron chi connectivity index (χ4n) is 3.21. The van der Waals surface area contributed by atoms with Gasteiger partial charge in [0.2, 0.25) is 5.91 Å². The van der Waals surface area contributed by atoms with Gasteiger partial charge in [-0.25, -0.2) is 14.1 Å². The number of nitrogens with zero attached hydrogens (tertiary/aromatic N) is 4. The summed E-state index contributed by atoms with van der Waals surface area (Å²) in [5.74, 6) is -0.394. The molecule has 1 amide bonds. The lowest BCUT2D eigenvalue weighted by Crippen LogP contribution is -2.25. The highest BCUT2D eigenvalue weighted by Gasteiger charge is 2.16. The molecular weight excluding hydrogens is 401 g/mol. The average Bonchev–Trinajstić information content (AvgIpc) is 3.34. The van der Waals surface area contributed by atoms with Crippen molar-refractivity contribution in [2.24, 2.45) is 0 Å². The molecule has 4 rings (SSSR count). The van der Waals surface area contributed by atoms with Crippen molar-refractivity contribution >= 4 is 17.2 Å². The van der Waals surface area contributed by atoms with Gasteiger partial charge in [0.15, 0.2) is 0 Å². The molecule has 6 nitrogen and oxygen atoms in total. The Morgan fingerprint density at radius 1 is 1.13 bits per heavy atom. The summed E-state index contributed by atoms with van der Waals surface area (Å²) >= 11 is 1.51. The standard InChI is InChI=1S/C22H20FN5OS/c1-14-19(15(2)28(27-14)18-5-3-17(23)4-6-18)11-21(29)25-12-22-26-20(13-30-22)16-7-9-24-10-8-16/h3-10,13H,11-12H2,1-2H3,(H,25,29). The van der Waals surface area contributed by atoms with Crippen LogP contribution in [0.1, 0.15) is 22.0 Å². The van der Waals surface area contributed by atoms with Crippen LogP contribution in [0.5, 0.6) is 0 Å². The lowest BCUT2D eigenvalue weighted by Gasteiger charge is -2.06. The quantitative estimate of drug-likeness (QED) is 0.511. The molecule has 1 aromatic carbocycles. The van der Waals surface area contributed by atoms with E-state index in [9.17, 15) is 9.18 Å². The highest BCUT2D eigenvalue weighted by Crippen LogP contribution is 2.21. The van der Waals surface area contributed by atoms with Gasteiger partial charge in [-0.05, 0) is 50.2 Å². The van der Waals surface area contributed by atoms with Gasteiger partial charge < -0.3 is 5.32 Å². The van der Waals surface area contributed by atoms with E-state index < -0.39 is 0 Å². The van der Waals surface area contributed by atoms with Gasteiger partial charge in [0.1, 0.15) is 10.8 Å². The molecule has 0 fully saturated rings. The minimum absolute atomic E-state index is 0.0967. The van der Waals surface area contributed by atoms with Crippen LogP contribution in [0.3, 0.4) is 0 Å². The number of halogens is 1. The molecule has 0 aliphatic carbocycles. The van der Waals surface area contributed by atoms with Crippen LogP contribution in [0, 0.1) is 19.7 Å². The zero-order valence-electron chi connectivity index (χ0n) is 16.6. The minimum Gasteiger partial charge on any atom is -0.349 e. The number of hydrogen-bond acceptors (Lipinski definition) is 5. The fraction of sp³-hybridized carbons (Fsp3) is 0.182. The third kappa shape index (κ3) is 4.28. The van der Waals surface area contributed by atoms with Gasteiger partial charge in [-0.15, -0.1) is 11.3 Å². The van der Waals surface area contributed by atoms with Crippen molar-refractivity contribution in [2.45, 2.75) is 26.8 Å². The van der Waals surface area contributed by atoms with Crippen molar-refractivity contribution in [1.29, 1.82) is 0 Å². The third-order valence-corrected chi connectivity index (χ3v) is 5.66. The molecule has 0 saturated heterocycles. The Hall–Kier alpha value is -3.39. The van der Waals surface area contributed by atoms with Crippen LogP contribution in [0.4, 0.5) is 4.39 Å². The molecule has 0 saturated carbocycles. The summed E-state index contributed by atoms with van der Waals surface area (Å²) in [5.41, 5.74) is 5.14. The summed E-state index contributed by atoms with van der Waals surface area (Å²) < 4.78 is 14.9. The minimum atomic E-state index is -0.297. The second kappa shape index (κ2) is 8.54. The molecule has 30 heavy (non-hydrogen) atoms. The van der Waals surface area contributed by atoms with E-state index in [-0.39, 0.29) is 18.1 Å². The first-order chi connectivity index (χ1) is 14.5. The summed E-state index contributed by atoms with van der Waals surface area (Å²) in [4.78, 5) is 21.1. The first kappa shape index (κ1) is 19.9. The highest BCUT2D eigenvalue weighted by molar-refractivity contribution is 7.09. The molecule has 4 aromatic rings. The van der Waals surface area contributed by atoms with Crippen molar-refractivity contribution in [1.82, 2.24) is 25.1 Å². The van der Waals surface area contributed by atoms with Crippen LogP contribution < -0.4 is 5.32 Å². The maximum Gasteiger partial charge on any atom is 0.224 e. The van der Waals surface area contributed by atoms with Gasteiger partial charge in [0.05, 0.1) is 30.0 Å². The van der Waals surface area contributed by atoms with E-state index >= 15 is 0 Å². The Labute approximate surface area is 177 Å². The predicted molar refractivity (Wildman–Crippen MR) is 114 cm³/mol. The van der Waals surface area contributed by atoms with Crippen LogP contribution in [0.15, 0.2) is 54.2 Å². The molecule has 0 spiro atoms. The van der Waals surface area contributed by atoms with Gasteiger partial charge in [-0.1, -0.05) is 0 Å². The topological polar surface area (TPSA) is 72.7 Å². The van der Waals surface area contributed by atoms with Gasteiger partial charge in [-0.3, -0.25) is 9.78 Å². The van der Waals surface area contributed by atoms with Crippen molar-refractivity contribution in [2.75, 3.05) is 0 Å². The molecule has 3 aromatic heterocycles. The number of carbonyl (C=O) groups excluding carboxylic acids is 1. The van der Waals surface area contributed by atoms with Crippen molar-refractivity contribution < 1.29 is 9.18 Å². The number of carbonyl (C=O) groups is 1. The van der Waals surface area contributed by atoms with E-state index in [1.165, 1.54) is 23.5 Å². The number of benzene rings is 1. The summed E-state index contributed by atoms with van der Waals surface area (Å²) in [5, 5.41) is 10.3. The van der Waals surface area contributed by atoms with Crippen LogP contribution in [0.25, 0.3) is 16.9 Å². The van der Waals surface area contributed by atoms with Crippen molar-refractivity contribution in [3.8, 4) is 16.9 Å². The van der Waals surface area contributed by atoms with E-state index in [2.05, 4.69) is 20.4 Å². The number of thiazole rings is 1. The zero-order valence-corrected chi connectivity index (χ0v) is 17.4. The number of amides is 1. The Balaban J connectivity index is 1.41. The Bertz CT molecular complexity index is 1170. The smallest absolute Gasteiger partial charge is 0.224 e. The number of aromatic nitrogens is 4. The Kier molecular flexibility index (Phi) is 5.67. The van der Waals surface area contributed by atoms with E-state index in [4.69, 9.17) is 0 Å². The molecule has 0 aliphatic heterocycles. The van der Waals surface area contributed by atoms with Gasteiger partial charge in [0, 0.05) is 34.6 Å². The van der Waals surface area contributed by atoms with Gasteiger partial charge in [0.25, 0.3) is 0 Å². The maximum absolute atomic E-state index is 13.2. The second-order valence-electron chi connectivity index (χ2n) is 6.85. The molecule has 0 radical (unpaired) electrons. The van der Waals surface area contributed by atoms with Gasteiger partial charge >= 0.3 is 0 Å². The second-order valence-corrected chi connectivity index (χ2v) is 7.80. The molecule has 3 heterocycles. The Morgan fingerprint density at radius 3 is 2.60 bits per heavy atom. The Morgan fingerprint density at radius 2 is 1.87 bits per heavy atom. The summed E-state index contributed by atoms with van der Waals surface area (Å²) in [6.07, 6.45) is 3.68. The molecule has 0 bridgehead atoms. The van der Waals surface area contributed by atoms with E-state index in [1.54, 1.807) is 29.2 Å². The van der Waals surface area contributed by atoms with E-state index in [0.717, 1.165) is 38.9 Å². The number of aryl methyl sites for hydroxylation is 1. The lowest BCUT2D eigenvalue weighted by molar-refractivity contribution is -0.120. The van der Waals surface area contributed by atoms with E-state index in [0.29, 0.717) is 6.54 Å². The molecule has 0 unspecified atom stereocenters. The largest absolute Gasteiger partial charge is 0.349 e. The zero-order chi connectivity index (χ0) is 21.1.